The van der Waals surface area contributed by atoms with E-state index in [1.807, 2.05) is 12.1 Å². The molecule has 0 unspecified atom stereocenters. The summed E-state index contributed by atoms with van der Waals surface area (Å²) in [7, 11) is 1.00. The third-order valence-electron chi connectivity index (χ3n) is 3.44. The van der Waals surface area contributed by atoms with E-state index in [2.05, 4.69) is 9.98 Å². The number of hydrogen-bond acceptors (Lipinski definition) is 7. The maximum absolute atomic E-state index is 9.41. The molecule has 0 radical (unpaired) electrons. The number of rotatable bonds is 2. The molecule has 8 nitrogen and oxygen atoms in total. The van der Waals surface area contributed by atoms with Crippen molar-refractivity contribution < 1.29 is 47.1 Å². The fourth-order valence-electron chi connectivity index (χ4n) is 2.31. The third kappa shape index (κ3) is 6.94. The molecule has 2 aromatic carbocycles. The van der Waals surface area contributed by atoms with Gasteiger partial charge in [-0.15, -0.1) is 0 Å². The number of nitrogens with zero attached hydrogens (tertiary/aromatic N) is 2. The topological polar surface area (TPSA) is 124 Å². The van der Waals surface area contributed by atoms with Gasteiger partial charge in [0, 0.05) is 7.11 Å². The van der Waals surface area contributed by atoms with Gasteiger partial charge in [0.15, 0.2) is 0 Å². The number of phenols is 2. The molecule has 0 bridgehead atoms. The quantitative estimate of drug-likeness (QED) is 0.381. The monoisotopic (exact) mass is 563 g/mol. The van der Waals surface area contributed by atoms with Gasteiger partial charge < -0.3 is 24.8 Å². The zero-order chi connectivity index (χ0) is 20.8. The van der Waals surface area contributed by atoms with E-state index < -0.39 is 0 Å². The summed E-state index contributed by atoms with van der Waals surface area (Å²) in [6.45, 7) is 2.60. The first kappa shape index (κ1) is 23.6. The van der Waals surface area contributed by atoms with Gasteiger partial charge in [-0.3, -0.25) is 0 Å². The summed E-state index contributed by atoms with van der Waals surface area (Å²) in [6, 6.07) is 14.1. The van der Waals surface area contributed by atoms with Crippen LogP contribution in [0.25, 0.3) is 0 Å². The number of ether oxygens (including phenoxy) is 2. The molecule has 0 aromatic heterocycles. The van der Waals surface area contributed by atoms with E-state index in [1.54, 1.807) is 36.4 Å². The van der Waals surface area contributed by atoms with Gasteiger partial charge in [0.05, 0.1) is 24.2 Å². The van der Waals surface area contributed by atoms with Crippen LogP contribution in [0.5, 0.6) is 11.5 Å². The summed E-state index contributed by atoms with van der Waals surface area (Å²) in [5.41, 5.74) is 1.35. The SMILES string of the molecule is C[18OH].Oc1ccccc1C1=NCCO1.Oc1ccccc1C1=NCCO1.[O+]#[Re]. The van der Waals surface area contributed by atoms with Gasteiger partial charge in [-0.25, -0.2) is 9.98 Å². The predicted octanol–water partition coefficient (Wildman–Crippen LogP) is 1.83. The third-order valence-corrected chi connectivity index (χ3v) is 3.44. The van der Waals surface area contributed by atoms with Crippen molar-refractivity contribution in [3.05, 3.63) is 59.7 Å². The van der Waals surface area contributed by atoms with Crippen LogP contribution in [-0.4, -0.2) is 60.5 Å². The minimum atomic E-state index is 0.221. The molecule has 0 fully saturated rings. The standard InChI is InChI=1S/2C9H9NO2.CH4O.O.Re/c2*11-8-4-2-1-3-7(8)9-10-5-6-12-9;1-2;;/h2*1-4,11H,5-6H2;2H,1H3;;/q;;;+1;/i;;2+2;;. The molecule has 2 aromatic rings. The molecular weight excluding hydrogens is 540 g/mol. The second-order valence-corrected chi connectivity index (χ2v) is 5.10. The molecule has 0 saturated heterocycles. The van der Waals surface area contributed by atoms with Crippen LogP contribution in [-0.2, 0) is 31.8 Å². The van der Waals surface area contributed by atoms with Gasteiger partial charge in [-0.1, -0.05) is 24.3 Å². The fraction of sp³-hybridized carbons (Fsp3) is 0.263. The molecule has 4 rings (SSSR count). The molecule has 0 amide bonds. The number of aromatic hydroxyl groups is 2. The number of benzene rings is 2. The molecule has 0 atom stereocenters. The van der Waals surface area contributed by atoms with E-state index in [-0.39, 0.29) is 11.5 Å². The van der Waals surface area contributed by atoms with E-state index in [0.717, 1.165) is 7.11 Å². The Balaban J connectivity index is 0.000000238. The second kappa shape index (κ2) is 13.7. The zero-order valence-electron chi connectivity index (χ0n) is 15.3. The number of para-hydroxylation sites is 2. The van der Waals surface area contributed by atoms with E-state index in [9.17, 15) is 10.2 Å². The first-order valence-electron chi connectivity index (χ1n) is 8.27. The first-order chi connectivity index (χ1) is 13.8. The Labute approximate surface area is 173 Å². The van der Waals surface area contributed by atoms with Crippen molar-refractivity contribution in [3.8, 4) is 11.5 Å². The number of aliphatic hydroxyl groups is 1. The van der Waals surface area contributed by atoms with Gasteiger partial charge in [-0.05, 0) is 24.3 Å². The number of aliphatic imine (C=N–C) groups is 2. The van der Waals surface area contributed by atoms with E-state index in [0.29, 0.717) is 68.2 Å². The van der Waals surface area contributed by atoms with Gasteiger partial charge in [0.2, 0.25) is 11.8 Å². The van der Waals surface area contributed by atoms with Crippen molar-refractivity contribution >= 4 is 11.8 Å². The molecule has 0 aliphatic carbocycles. The van der Waals surface area contributed by atoms with Crippen molar-refractivity contribution in [1.82, 2.24) is 0 Å². The van der Waals surface area contributed by atoms with E-state index >= 15 is 0 Å². The molecule has 0 spiro atoms. The van der Waals surface area contributed by atoms with Crippen molar-refractivity contribution in [1.29, 1.82) is 0 Å². The van der Waals surface area contributed by atoms with Crippen LogP contribution in [0.2, 0.25) is 0 Å². The van der Waals surface area contributed by atoms with Crippen LogP contribution in [0.1, 0.15) is 11.1 Å². The molecule has 2 aliphatic rings. The Morgan fingerprint density at radius 2 is 1.14 bits per heavy atom. The predicted molar refractivity (Wildman–Crippen MR) is 99.8 cm³/mol. The molecule has 2 aliphatic heterocycles. The Morgan fingerprint density at radius 1 is 0.786 bits per heavy atom. The summed E-state index contributed by atoms with van der Waals surface area (Å²) in [4.78, 5) is 8.20. The Bertz CT molecular complexity index is 757. The summed E-state index contributed by atoms with van der Waals surface area (Å²) in [5, 5.41) is 25.8. The van der Waals surface area contributed by atoms with Crippen molar-refractivity contribution in [2.75, 3.05) is 33.4 Å². The van der Waals surface area contributed by atoms with Crippen molar-refractivity contribution in [2.45, 2.75) is 0 Å². The first-order valence-corrected chi connectivity index (χ1v) is 9.38. The van der Waals surface area contributed by atoms with Gasteiger partial charge in [0.25, 0.3) is 0 Å². The summed E-state index contributed by atoms with van der Waals surface area (Å²) < 4.78 is 18.7. The summed E-state index contributed by atoms with van der Waals surface area (Å²) >= 11 is 0.472. The normalized spacial score (nSPS) is 13.6. The molecular formula is C19H22N2O6Re+. The van der Waals surface area contributed by atoms with Crippen LogP contribution in [0, 0.1) is 0 Å². The van der Waals surface area contributed by atoms with E-state index in [4.69, 9.17) is 17.9 Å². The number of aliphatic hydroxyl groups excluding tert-OH is 1. The van der Waals surface area contributed by atoms with Gasteiger partial charge >= 0.3 is 22.3 Å². The zero-order valence-corrected chi connectivity index (χ0v) is 18.0. The van der Waals surface area contributed by atoms with Crippen LogP contribution >= 0.6 is 0 Å². The van der Waals surface area contributed by atoms with Crippen LogP contribution < -0.4 is 0 Å². The van der Waals surface area contributed by atoms with Crippen molar-refractivity contribution in [3.63, 3.8) is 0 Å². The van der Waals surface area contributed by atoms with Gasteiger partial charge in [-0.2, -0.15) is 0 Å². The molecule has 3 N–H and O–H groups in total. The molecule has 9 heteroatoms. The average molecular weight is 563 g/mol. The minimum absolute atomic E-state index is 0.221. The van der Waals surface area contributed by atoms with E-state index in [1.165, 1.54) is 0 Å². The van der Waals surface area contributed by atoms with Crippen molar-refractivity contribution in [2.24, 2.45) is 9.98 Å². The Kier molecular flexibility index (Phi) is 11.5. The average Bonchev–Trinajstić information content (AvgIpc) is 3.47. The Morgan fingerprint density at radius 3 is 1.43 bits per heavy atom. The summed E-state index contributed by atoms with van der Waals surface area (Å²) in [5.74, 6) is 1.54. The second-order valence-electron chi connectivity index (χ2n) is 5.10. The molecule has 0 saturated carbocycles. The fourth-order valence-corrected chi connectivity index (χ4v) is 2.31. The molecule has 28 heavy (non-hydrogen) atoms. The molecule has 2 heterocycles. The van der Waals surface area contributed by atoms with Gasteiger partial charge in [0.1, 0.15) is 24.7 Å². The van der Waals surface area contributed by atoms with Crippen LogP contribution in [0.15, 0.2) is 58.5 Å². The maximum atomic E-state index is 9.41. The Hall–Kier alpha value is -2.44. The number of hydrogen-bond donors (Lipinski definition) is 3. The summed E-state index contributed by atoms with van der Waals surface area (Å²) in [6.07, 6.45) is 0. The number of phenolic OH excluding ortho intramolecular Hbond substituents is 2. The molecule has 150 valence electrons. The van der Waals surface area contributed by atoms with Crippen LogP contribution in [0.4, 0.5) is 0 Å². The van der Waals surface area contributed by atoms with Crippen LogP contribution in [0.3, 0.4) is 0 Å².